The normalized spacial score (nSPS) is 15.6. The Kier molecular flexibility index (Phi) is 6.52. The van der Waals surface area contributed by atoms with Gasteiger partial charge in [0.2, 0.25) is 5.91 Å². The summed E-state index contributed by atoms with van der Waals surface area (Å²) in [7, 11) is 0. The minimum atomic E-state index is -0.381. The molecule has 154 valence electrons. The van der Waals surface area contributed by atoms with Crippen molar-refractivity contribution in [1.29, 1.82) is 0 Å². The van der Waals surface area contributed by atoms with E-state index in [0.29, 0.717) is 25.4 Å². The summed E-state index contributed by atoms with van der Waals surface area (Å²) in [6.07, 6.45) is 0.722. The topological polar surface area (TPSA) is 49.9 Å². The van der Waals surface area contributed by atoms with Gasteiger partial charge in [-0.2, -0.15) is 0 Å². The van der Waals surface area contributed by atoms with Crippen LogP contribution in [0.5, 0.6) is 5.75 Å². The van der Waals surface area contributed by atoms with Crippen molar-refractivity contribution in [3.63, 3.8) is 0 Å². The van der Waals surface area contributed by atoms with Crippen LogP contribution in [-0.2, 0) is 16.0 Å². The number of likely N-dealkylation sites (N-methyl/N-ethyl adjacent to an activating group) is 1. The first-order valence-corrected chi connectivity index (χ1v) is 10.0. The van der Waals surface area contributed by atoms with Gasteiger partial charge in [0.15, 0.2) is 6.61 Å². The molecule has 0 saturated carbocycles. The minimum absolute atomic E-state index is 0.0402. The fraction of sp³-hybridized carbons (Fsp3) is 0.391. The molecule has 0 N–H and O–H groups in total. The van der Waals surface area contributed by atoms with Crippen LogP contribution in [0, 0.1) is 5.82 Å². The number of benzene rings is 2. The number of halogens is 1. The highest BCUT2D eigenvalue weighted by Crippen LogP contribution is 2.37. The Morgan fingerprint density at radius 2 is 1.93 bits per heavy atom. The molecule has 0 fully saturated rings. The van der Waals surface area contributed by atoms with Crippen LogP contribution >= 0.6 is 0 Å². The molecule has 29 heavy (non-hydrogen) atoms. The Labute approximate surface area is 171 Å². The molecule has 0 bridgehead atoms. The van der Waals surface area contributed by atoms with Crippen molar-refractivity contribution in [3.8, 4) is 5.75 Å². The number of amides is 2. The Balaban J connectivity index is 1.91. The second-order valence-electron chi connectivity index (χ2n) is 7.14. The van der Waals surface area contributed by atoms with E-state index in [1.54, 1.807) is 15.9 Å². The molecule has 1 aliphatic rings. The van der Waals surface area contributed by atoms with Gasteiger partial charge in [-0.15, -0.1) is 0 Å². The molecule has 0 aliphatic carbocycles. The van der Waals surface area contributed by atoms with Gasteiger partial charge in [-0.1, -0.05) is 18.2 Å². The first-order valence-electron chi connectivity index (χ1n) is 10.0. The highest BCUT2D eigenvalue weighted by molar-refractivity contribution is 5.77. The maximum Gasteiger partial charge on any atom is 0.260 e. The average Bonchev–Trinajstić information content (AvgIpc) is 2.72. The van der Waals surface area contributed by atoms with Gasteiger partial charge < -0.3 is 14.5 Å². The Bertz CT molecular complexity index is 895. The maximum absolute atomic E-state index is 13.9. The highest BCUT2D eigenvalue weighted by atomic mass is 19.1. The molecule has 0 radical (unpaired) electrons. The minimum Gasteiger partial charge on any atom is -0.484 e. The molecule has 0 saturated heterocycles. The summed E-state index contributed by atoms with van der Waals surface area (Å²) in [5.41, 5.74) is 2.72. The molecule has 2 amide bonds. The molecule has 2 aromatic rings. The van der Waals surface area contributed by atoms with Gasteiger partial charge in [0, 0.05) is 26.6 Å². The van der Waals surface area contributed by atoms with E-state index in [2.05, 4.69) is 0 Å². The summed E-state index contributed by atoms with van der Waals surface area (Å²) < 4.78 is 19.6. The predicted molar refractivity (Wildman–Crippen MR) is 109 cm³/mol. The zero-order chi connectivity index (χ0) is 21.0. The zero-order valence-corrected chi connectivity index (χ0v) is 17.2. The van der Waals surface area contributed by atoms with Crippen LogP contribution in [0.2, 0.25) is 0 Å². The van der Waals surface area contributed by atoms with Crippen molar-refractivity contribution >= 4 is 11.8 Å². The molecule has 1 aliphatic heterocycles. The number of hydrogen-bond donors (Lipinski definition) is 0. The summed E-state index contributed by atoms with van der Waals surface area (Å²) in [4.78, 5) is 28.0. The molecule has 1 unspecified atom stereocenters. The number of fused-ring (bicyclic) bond motifs is 1. The third kappa shape index (κ3) is 4.58. The van der Waals surface area contributed by atoms with Crippen molar-refractivity contribution in [1.82, 2.24) is 9.80 Å². The van der Waals surface area contributed by atoms with E-state index in [0.717, 1.165) is 23.1 Å². The van der Waals surface area contributed by atoms with Gasteiger partial charge in [-0.05, 0) is 61.2 Å². The second kappa shape index (κ2) is 9.07. The zero-order valence-electron chi connectivity index (χ0n) is 17.2. The largest absolute Gasteiger partial charge is 0.484 e. The Hall–Kier alpha value is -2.89. The second-order valence-corrected chi connectivity index (χ2v) is 7.14. The van der Waals surface area contributed by atoms with Crippen LogP contribution in [0.15, 0.2) is 42.5 Å². The van der Waals surface area contributed by atoms with Crippen molar-refractivity contribution in [2.24, 2.45) is 0 Å². The number of hydrogen-bond acceptors (Lipinski definition) is 3. The summed E-state index contributed by atoms with van der Waals surface area (Å²) in [6.45, 7) is 7.20. The predicted octanol–water partition coefficient (Wildman–Crippen LogP) is 3.57. The SMILES string of the molecule is CCN(CC)C(=O)COc1ccc2c(c1)C(c1cccc(F)c1)N(C(C)=O)CC2. The number of carbonyl (C=O) groups is 2. The maximum atomic E-state index is 13.9. The molecular weight excluding hydrogens is 371 g/mol. The van der Waals surface area contributed by atoms with Gasteiger partial charge >= 0.3 is 0 Å². The van der Waals surface area contributed by atoms with Gasteiger partial charge in [-0.3, -0.25) is 9.59 Å². The van der Waals surface area contributed by atoms with Gasteiger partial charge in [0.25, 0.3) is 5.91 Å². The molecule has 6 heteroatoms. The van der Waals surface area contributed by atoms with E-state index in [-0.39, 0.29) is 30.3 Å². The molecule has 0 aromatic heterocycles. The first kappa shape index (κ1) is 20.8. The fourth-order valence-electron chi connectivity index (χ4n) is 3.87. The van der Waals surface area contributed by atoms with E-state index >= 15 is 0 Å². The van der Waals surface area contributed by atoms with Crippen LogP contribution in [0.25, 0.3) is 0 Å². The van der Waals surface area contributed by atoms with E-state index in [1.807, 2.05) is 38.1 Å². The van der Waals surface area contributed by atoms with E-state index in [9.17, 15) is 14.0 Å². The van der Waals surface area contributed by atoms with Crippen LogP contribution in [0.1, 0.15) is 43.5 Å². The summed E-state index contributed by atoms with van der Waals surface area (Å²) in [5, 5.41) is 0. The van der Waals surface area contributed by atoms with Crippen molar-refractivity contribution in [2.45, 2.75) is 33.2 Å². The van der Waals surface area contributed by atoms with Crippen LogP contribution < -0.4 is 4.74 Å². The molecule has 2 aromatic carbocycles. The van der Waals surface area contributed by atoms with Crippen LogP contribution in [0.4, 0.5) is 4.39 Å². The lowest BCUT2D eigenvalue weighted by Crippen LogP contribution is -2.39. The van der Waals surface area contributed by atoms with Gasteiger partial charge in [0.05, 0.1) is 6.04 Å². The third-order valence-electron chi connectivity index (χ3n) is 5.39. The highest BCUT2D eigenvalue weighted by Gasteiger charge is 2.31. The summed E-state index contributed by atoms with van der Waals surface area (Å²) in [6, 6.07) is 11.6. The quantitative estimate of drug-likeness (QED) is 0.748. The molecular formula is C23H27FN2O3. The van der Waals surface area contributed by atoms with Crippen LogP contribution in [0.3, 0.4) is 0 Å². The Morgan fingerprint density at radius 3 is 2.59 bits per heavy atom. The smallest absolute Gasteiger partial charge is 0.260 e. The molecule has 1 heterocycles. The summed E-state index contributed by atoms with van der Waals surface area (Å²) in [5.74, 6) is 0.0964. The summed E-state index contributed by atoms with van der Waals surface area (Å²) >= 11 is 0. The number of rotatable bonds is 6. The molecule has 5 nitrogen and oxygen atoms in total. The van der Waals surface area contributed by atoms with Crippen LogP contribution in [-0.4, -0.2) is 47.9 Å². The number of carbonyl (C=O) groups excluding carboxylic acids is 2. The van der Waals surface area contributed by atoms with E-state index in [4.69, 9.17) is 4.74 Å². The molecule has 1 atom stereocenters. The van der Waals surface area contributed by atoms with E-state index < -0.39 is 0 Å². The van der Waals surface area contributed by atoms with Crippen molar-refractivity contribution in [2.75, 3.05) is 26.2 Å². The monoisotopic (exact) mass is 398 g/mol. The van der Waals surface area contributed by atoms with Gasteiger partial charge in [0.1, 0.15) is 11.6 Å². The lowest BCUT2D eigenvalue weighted by Gasteiger charge is -2.37. The fourth-order valence-corrected chi connectivity index (χ4v) is 3.87. The van der Waals surface area contributed by atoms with Gasteiger partial charge in [-0.25, -0.2) is 4.39 Å². The lowest BCUT2D eigenvalue weighted by atomic mass is 9.88. The average molecular weight is 398 g/mol. The van der Waals surface area contributed by atoms with Crippen molar-refractivity contribution in [3.05, 3.63) is 65.0 Å². The Morgan fingerprint density at radius 1 is 1.17 bits per heavy atom. The molecule has 3 rings (SSSR count). The standard InChI is InChI=1S/C23H27FN2O3/c1-4-25(5-2)22(28)15-29-20-10-9-17-11-12-26(16(3)27)23(21(17)14-20)18-7-6-8-19(24)13-18/h6-10,13-14,23H,4-5,11-12,15H2,1-3H3. The molecule has 0 spiro atoms. The number of ether oxygens (including phenoxy) is 1. The van der Waals surface area contributed by atoms with Crippen molar-refractivity contribution < 1.29 is 18.7 Å². The number of nitrogens with zero attached hydrogens (tertiary/aromatic N) is 2. The lowest BCUT2D eigenvalue weighted by molar-refractivity contribution is -0.133. The van der Waals surface area contributed by atoms with E-state index in [1.165, 1.54) is 19.1 Å². The first-order chi connectivity index (χ1) is 13.9. The third-order valence-corrected chi connectivity index (χ3v) is 5.39.